The summed E-state index contributed by atoms with van der Waals surface area (Å²) in [4.78, 5) is 8.54. The Morgan fingerprint density at radius 2 is 2.29 bits per heavy atom. The van der Waals surface area contributed by atoms with Gasteiger partial charge in [0.1, 0.15) is 5.76 Å². The highest BCUT2D eigenvalue weighted by Gasteiger charge is 2.28. The van der Waals surface area contributed by atoms with Gasteiger partial charge in [-0.25, -0.2) is 18.4 Å². The molecule has 0 aliphatic heterocycles. The van der Waals surface area contributed by atoms with Crippen LogP contribution in [0.5, 0.6) is 0 Å². The van der Waals surface area contributed by atoms with Gasteiger partial charge in [-0.05, 0) is 13.8 Å². The van der Waals surface area contributed by atoms with Crippen molar-refractivity contribution in [3.05, 3.63) is 34.6 Å². The minimum absolute atomic E-state index is 0.0647. The summed E-state index contributed by atoms with van der Waals surface area (Å²) in [6.45, 7) is 3.38. The number of fused-ring (bicyclic) bond motifs is 1. The molecule has 1 atom stereocenters. The standard InChI is InChI=1S/C11H11ClN4O3S2/c1-6-5-13-9(19-6)7(2)15-21(17,18)10-8(12)14-11-16(10)3-4-20-11/h3-5,7,15H,1-2H3. The molecule has 0 saturated carbocycles. The van der Waals surface area contributed by atoms with E-state index in [1.54, 1.807) is 25.4 Å². The largest absolute Gasteiger partial charge is 0.444 e. The number of nitrogens with zero attached hydrogens (tertiary/aromatic N) is 3. The van der Waals surface area contributed by atoms with Gasteiger partial charge < -0.3 is 4.42 Å². The van der Waals surface area contributed by atoms with E-state index >= 15 is 0 Å². The molecular weight excluding hydrogens is 336 g/mol. The Kier molecular flexibility index (Phi) is 3.52. The molecule has 0 amide bonds. The summed E-state index contributed by atoms with van der Waals surface area (Å²) in [6, 6.07) is -0.621. The van der Waals surface area contributed by atoms with E-state index in [4.69, 9.17) is 16.0 Å². The summed E-state index contributed by atoms with van der Waals surface area (Å²) in [5, 5.41) is 1.58. The molecule has 3 rings (SSSR count). The van der Waals surface area contributed by atoms with E-state index in [0.717, 1.165) is 0 Å². The van der Waals surface area contributed by atoms with Crippen molar-refractivity contribution in [1.82, 2.24) is 19.1 Å². The minimum Gasteiger partial charge on any atom is -0.444 e. The fourth-order valence-corrected chi connectivity index (χ4v) is 4.54. The molecular formula is C11H11ClN4O3S2. The van der Waals surface area contributed by atoms with Crippen molar-refractivity contribution in [2.24, 2.45) is 0 Å². The number of thiazole rings is 1. The topological polar surface area (TPSA) is 89.5 Å². The molecule has 0 aromatic carbocycles. The molecule has 21 heavy (non-hydrogen) atoms. The monoisotopic (exact) mass is 346 g/mol. The minimum atomic E-state index is -3.86. The highest BCUT2D eigenvalue weighted by atomic mass is 35.5. The lowest BCUT2D eigenvalue weighted by Gasteiger charge is -2.10. The lowest BCUT2D eigenvalue weighted by molar-refractivity contribution is 0.427. The first-order valence-electron chi connectivity index (χ1n) is 5.94. The molecule has 3 aromatic heterocycles. The number of oxazole rings is 1. The Hall–Kier alpha value is -1.42. The first-order valence-corrected chi connectivity index (χ1v) is 8.68. The van der Waals surface area contributed by atoms with Gasteiger partial charge >= 0.3 is 0 Å². The van der Waals surface area contributed by atoms with Crippen LogP contribution < -0.4 is 4.72 Å². The van der Waals surface area contributed by atoms with Gasteiger partial charge in [-0.2, -0.15) is 4.72 Å². The Balaban J connectivity index is 1.97. The average molecular weight is 347 g/mol. The van der Waals surface area contributed by atoms with Gasteiger partial charge in [0, 0.05) is 11.6 Å². The summed E-state index contributed by atoms with van der Waals surface area (Å²) in [5.41, 5.74) is 0. The van der Waals surface area contributed by atoms with Crippen molar-refractivity contribution in [3.8, 4) is 0 Å². The number of halogens is 1. The van der Waals surface area contributed by atoms with Gasteiger partial charge in [0.05, 0.1) is 12.2 Å². The number of hydrogen-bond donors (Lipinski definition) is 1. The van der Waals surface area contributed by atoms with Crippen LogP contribution in [0.25, 0.3) is 4.96 Å². The second-order valence-corrected chi connectivity index (χ2v) is 7.28. The lowest BCUT2D eigenvalue weighted by Crippen LogP contribution is -2.28. The van der Waals surface area contributed by atoms with Gasteiger partial charge in [0.15, 0.2) is 15.1 Å². The SMILES string of the molecule is Cc1cnc(C(C)NS(=O)(=O)c2c(Cl)nc3sccn23)o1. The molecule has 0 aliphatic rings. The molecule has 0 radical (unpaired) electrons. The Morgan fingerprint density at radius 1 is 1.52 bits per heavy atom. The van der Waals surface area contributed by atoms with Gasteiger partial charge in [0.2, 0.25) is 5.89 Å². The molecule has 0 aliphatic carbocycles. The number of aromatic nitrogens is 3. The number of nitrogens with one attached hydrogen (secondary N) is 1. The predicted molar refractivity (Wildman–Crippen MR) is 78.1 cm³/mol. The maximum Gasteiger partial charge on any atom is 0.260 e. The van der Waals surface area contributed by atoms with E-state index in [9.17, 15) is 8.42 Å². The summed E-state index contributed by atoms with van der Waals surface area (Å²) in [5.74, 6) is 0.900. The van der Waals surface area contributed by atoms with Gasteiger partial charge in [-0.1, -0.05) is 11.6 Å². The van der Waals surface area contributed by atoms with E-state index in [1.807, 2.05) is 0 Å². The van der Waals surface area contributed by atoms with E-state index in [0.29, 0.717) is 16.6 Å². The van der Waals surface area contributed by atoms with E-state index in [1.165, 1.54) is 21.9 Å². The normalized spacial score (nSPS) is 13.9. The van der Waals surface area contributed by atoms with Crippen molar-refractivity contribution in [1.29, 1.82) is 0 Å². The number of rotatable bonds is 4. The van der Waals surface area contributed by atoms with E-state index in [2.05, 4.69) is 14.7 Å². The van der Waals surface area contributed by atoms with Crippen LogP contribution in [0.4, 0.5) is 0 Å². The summed E-state index contributed by atoms with van der Waals surface area (Å²) < 4.78 is 34.2. The number of sulfonamides is 1. The van der Waals surface area contributed by atoms with E-state index < -0.39 is 16.1 Å². The zero-order chi connectivity index (χ0) is 15.2. The Morgan fingerprint density at radius 3 is 2.95 bits per heavy atom. The quantitative estimate of drug-likeness (QED) is 0.783. The molecule has 3 aromatic rings. The van der Waals surface area contributed by atoms with Crippen LogP contribution in [-0.4, -0.2) is 22.8 Å². The zero-order valence-electron chi connectivity index (χ0n) is 11.1. The zero-order valence-corrected chi connectivity index (χ0v) is 13.5. The summed E-state index contributed by atoms with van der Waals surface area (Å²) >= 11 is 7.24. The van der Waals surface area contributed by atoms with E-state index in [-0.39, 0.29) is 10.2 Å². The fourth-order valence-electron chi connectivity index (χ4n) is 1.89. The van der Waals surface area contributed by atoms with Gasteiger partial charge in [0.25, 0.3) is 10.0 Å². The maximum atomic E-state index is 12.5. The van der Waals surface area contributed by atoms with Crippen LogP contribution in [-0.2, 0) is 10.0 Å². The predicted octanol–water partition coefficient (Wildman–Crippen LogP) is 2.39. The molecule has 112 valence electrons. The first kappa shape index (κ1) is 14.5. The van der Waals surface area contributed by atoms with Crippen molar-refractivity contribution in [2.45, 2.75) is 24.9 Å². The molecule has 1 N–H and O–H groups in total. The second kappa shape index (κ2) is 5.09. The molecule has 0 fully saturated rings. The molecule has 0 bridgehead atoms. The van der Waals surface area contributed by atoms with Crippen LogP contribution in [0.15, 0.2) is 27.2 Å². The van der Waals surface area contributed by atoms with Gasteiger partial charge in [-0.3, -0.25) is 4.40 Å². The molecule has 3 heterocycles. The Bertz CT molecular complexity index is 896. The third-order valence-electron chi connectivity index (χ3n) is 2.77. The Labute approximate surface area is 129 Å². The molecule has 10 heteroatoms. The van der Waals surface area contributed by atoms with Gasteiger partial charge in [-0.15, -0.1) is 11.3 Å². The summed E-state index contributed by atoms with van der Waals surface area (Å²) in [6.07, 6.45) is 3.14. The molecule has 0 spiro atoms. The third kappa shape index (κ3) is 2.57. The maximum absolute atomic E-state index is 12.5. The first-order chi connectivity index (χ1) is 9.88. The third-order valence-corrected chi connectivity index (χ3v) is 5.47. The van der Waals surface area contributed by atoms with Crippen molar-refractivity contribution < 1.29 is 12.8 Å². The van der Waals surface area contributed by atoms with Crippen molar-refractivity contribution in [2.75, 3.05) is 0 Å². The van der Waals surface area contributed by atoms with Crippen LogP contribution in [0.3, 0.4) is 0 Å². The number of hydrogen-bond acceptors (Lipinski definition) is 6. The number of imidazole rings is 1. The molecule has 0 saturated heterocycles. The fraction of sp³-hybridized carbons (Fsp3) is 0.273. The molecule has 1 unspecified atom stereocenters. The number of aryl methyl sites for hydroxylation is 1. The van der Waals surface area contributed by atoms with Crippen LogP contribution in [0.1, 0.15) is 24.6 Å². The second-order valence-electron chi connectivity index (χ2n) is 4.42. The highest BCUT2D eigenvalue weighted by Crippen LogP contribution is 2.26. The van der Waals surface area contributed by atoms with Crippen molar-refractivity contribution >= 4 is 37.9 Å². The van der Waals surface area contributed by atoms with Crippen LogP contribution in [0.2, 0.25) is 5.15 Å². The average Bonchev–Trinajstić information content (AvgIpc) is 3.03. The smallest absolute Gasteiger partial charge is 0.260 e. The van der Waals surface area contributed by atoms with Crippen LogP contribution in [0, 0.1) is 6.92 Å². The van der Waals surface area contributed by atoms with Crippen molar-refractivity contribution in [3.63, 3.8) is 0 Å². The highest BCUT2D eigenvalue weighted by molar-refractivity contribution is 7.89. The van der Waals surface area contributed by atoms with Crippen LogP contribution >= 0.6 is 22.9 Å². The molecule has 7 nitrogen and oxygen atoms in total. The summed E-state index contributed by atoms with van der Waals surface area (Å²) in [7, 11) is -3.86. The lowest BCUT2D eigenvalue weighted by atomic mass is 10.4.